The Morgan fingerprint density at radius 2 is 2.29 bits per heavy atom. The Kier molecular flexibility index (Phi) is 3.23. The summed E-state index contributed by atoms with van der Waals surface area (Å²) in [6.07, 6.45) is 0.779. The molecule has 0 radical (unpaired) electrons. The molecule has 0 aliphatic heterocycles. The van der Waals surface area contributed by atoms with Crippen LogP contribution in [-0.4, -0.2) is 17.3 Å². The maximum absolute atomic E-state index is 5.62. The lowest BCUT2D eigenvalue weighted by Crippen LogP contribution is -2.25. The van der Waals surface area contributed by atoms with E-state index in [1.807, 2.05) is 13.8 Å². The smallest absolute Gasteiger partial charge is 0.243 e. The van der Waals surface area contributed by atoms with E-state index in [0.717, 1.165) is 6.42 Å². The topological polar surface area (TPSA) is 74.2 Å². The second kappa shape index (κ2) is 4.06. The standard InChI is InChI=1S/C9H17N3O2/c1-5-9(3,13-4)8-11-7(6(2)10)14-12-8/h6H,5,10H2,1-4H3/t6-,9?/m1/s1. The lowest BCUT2D eigenvalue weighted by Gasteiger charge is -2.21. The Labute approximate surface area is 83.6 Å². The number of rotatable bonds is 4. The third kappa shape index (κ3) is 1.93. The highest BCUT2D eigenvalue weighted by atomic mass is 16.5. The molecule has 0 aliphatic rings. The Bertz CT molecular complexity index is 292. The minimum absolute atomic E-state index is 0.241. The highest BCUT2D eigenvalue weighted by Gasteiger charge is 2.30. The molecule has 1 aromatic rings. The molecule has 1 unspecified atom stereocenters. The van der Waals surface area contributed by atoms with Gasteiger partial charge in [0, 0.05) is 7.11 Å². The Hall–Kier alpha value is -0.940. The molecule has 0 aromatic carbocycles. The van der Waals surface area contributed by atoms with E-state index in [2.05, 4.69) is 10.1 Å². The van der Waals surface area contributed by atoms with Gasteiger partial charge in [0.25, 0.3) is 0 Å². The van der Waals surface area contributed by atoms with Gasteiger partial charge in [-0.25, -0.2) is 0 Å². The maximum atomic E-state index is 5.62. The molecule has 2 atom stereocenters. The number of nitrogens with two attached hydrogens (primary N) is 1. The largest absolute Gasteiger partial charge is 0.370 e. The van der Waals surface area contributed by atoms with Crippen molar-refractivity contribution in [2.75, 3.05) is 7.11 Å². The van der Waals surface area contributed by atoms with E-state index >= 15 is 0 Å². The summed E-state index contributed by atoms with van der Waals surface area (Å²) in [5, 5.41) is 3.86. The first-order valence-corrected chi connectivity index (χ1v) is 4.68. The SMILES string of the molecule is CCC(C)(OC)c1noc([C@@H](C)N)n1. The van der Waals surface area contributed by atoms with E-state index < -0.39 is 5.60 Å². The monoisotopic (exact) mass is 199 g/mol. The van der Waals surface area contributed by atoms with Crippen molar-refractivity contribution in [3.8, 4) is 0 Å². The summed E-state index contributed by atoms with van der Waals surface area (Å²) in [7, 11) is 1.63. The van der Waals surface area contributed by atoms with Gasteiger partial charge in [-0.3, -0.25) is 0 Å². The fourth-order valence-electron chi connectivity index (χ4n) is 1.03. The third-order valence-electron chi connectivity index (χ3n) is 2.43. The summed E-state index contributed by atoms with van der Waals surface area (Å²) >= 11 is 0. The van der Waals surface area contributed by atoms with Crippen molar-refractivity contribution in [2.45, 2.75) is 38.8 Å². The molecule has 0 fully saturated rings. The van der Waals surface area contributed by atoms with Gasteiger partial charge in [0.1, 0.15) is 5.60 Å². The maximum Gasteiger partial charge on any atom is 0.243 e. The number of ether oxygens (including phenoxy) is 1. The number of hydrogen-bond acceptors (Lipinski definition) is 5. The van der Waals surface area contributed by atoms with Crippen LogP contribution in [0.4, 0.5) is 0 Å². The summed E-state index contributed by atoms with van der Waals surface area (Å²) in [4.78, 5) is 4.20. The normalized spacial score (nSPS) is 17.8. The Morgan fingerprint density at radius 1 is 1.64 bits per heavy atom. The van der Waals surface area contributed by atoms with Crippen LogP contribution in [-0.2, 0) is 10.3 Å². The molecule has 1 aromatic heterocycles. The van der Waals surface area contributed by atoms with Crippen LogP contribution >= 0.6 is 0 Å². The van der Waals surface area contributed by atoms with Gasteiger partial charge in [0.05, 0.1) is 6.04 Å². The van der Waals surface area contributed by atoms with Crippen molar-refractivity contribution in [1.82, 2.24) is 10.1 Å². The third-order valence-corrected chi connectivity index (χ3v) is 2.43. The molecule has 0 saturated heterocycles. The minimum Gasteiger partial charge on any atom is -0.370 e. The minimum atomic E-state index is -0.489. The van der Waals surface area contributed by atoms with Gasteiger partial charge in [-0.2, -0.15) is 4.98 Å². The van der Waals surface area contributed by atoms with Crippen LogP contribution in [0, 0.1) is 0 Å². The first-order chi connectivity index (χ1) is 6.53. The first-order valence-electron chi connectivity index (χ1n) is 4.68. The van der Waals surface area contributed by atoms with Crippen molar-refractivity contribution in [3.05, 3.63) is 11.7 Å². The molecule has 2 N–H and O–H groups in total. The van der Waals surface area contributed by atoms with Gasteiger partial charge in [-0.1, -0.05) is 12.1 Å². The molecule has 0 amide bonds. The van der Waals surface area contributed by atoms with Gasteiger partial charge in [0.2, 0.25) is 11.7 Å². The Balaban J connectivity index is 2.95. The number of hydrogen-bond donors (Lipinski definition) is 1. The van der Waals surface area contributed by atoms with E-state index in [1.54, 1.807) is 14.0 Å². The zero-order valence-electron chi connectivity index (χ0n) is 9.07. The second-order valence-electron chi connectivity index (χ2n) is 3.53. The number of methoxy groups -OCH3 is 1. The molecule has 0 spiro atoms. The molecule has 0 saturated carbocycles. The summed E-state index contributed by atoms with van der Waals surface area (Å²) in [5.74, 6) is 0.992. The molecular formula is C9H17N3O2. The fourth-order valence-corrected chi connectivity index (χ4v) is 1.03. The van der Waals surface area contributed by atoms with Crippen LogP contribution in [0.1, 0.15) is 44.9 Å². The molecule has 1 rings (SSSR count). The first kappa shape index (κ1) is 11.1. The Morgan fingerprint density at radius 3 is 2.64 bits per heavy atom. The van der Waals surface area contributed by atoms with Crippen molar-refractivity contribution in [3.63, 3.8) is 0 Å². The molecular weight excluding hydrogens is 182 g/mol. The van der Waals surface area contributed by atoms with Crippen LogP contribution in [0.25, 0.3) is 0 Å². The van der Waals surface area contributed by atoms with Crippen molar-refractivity contribution >= 4 is 0 Å². The quantitative estimate of drug-likeness (QED) is 0.792. The van der Waals surface area contributed by atoms with Crippen LogP contribution < -0.4 is 5.73 Å². The fraction of sp³-hybridized carbons (Fsp3) is 0.778. The summed E-state index contributed by atoms with van der Waals surface area (Å²) in [6, 6.07) is -0.241. The summed E-state index contributed by atoms with van der Waals surface area (Å²) < 4.78 is 10.4. The summed E-state index contributed by atoms with van der Waals surface area (Å²) in [6.45, 7) is 5.72. The van der Waals surface area contributed by atoms with Crippen molar-refractivity contribution in [1.29, 1.82) is 0 Å². The molecule has 5 nitrogen and oxygen atoms in total. The second-order valence-corrected chi connectivity index (χ2v) is 3.53. The average Bonchev–Trinajstić information content (AvgIpc) is 2.66. The van der Waals surface area contributed by atoms with Crippen molar-refractivity contribution < 1.29 is 9.26 Å². The van der Waals surface area contributed by atoms with E-state index in [-0.39, 0.29) is 6.04 Å². The molecule has 0 bridgehead atoms. The predicted molar refractivity (Wildman–Crippen MR) is 51.6 cm³/mol. The van der Waals surface area contributed by atoms with E-state index in [0.29, 0.717) is 11.7 Å². The number of nitrogens with zero attached hydrogens (tertiary/aromatic N) is 2. The molecule has 80 valence electrons. The highest BCUT2D eigenvalue weighted by molar-refractivity contribution is 5.00. The highest BCUT2D eigenvalue weighted by Crippen LogP contribution is 2.25. The van der Waals surface area contributed by atoms with Crippen LogP contribution in [0.2, 0.25) is 0 Å². The zero-order chi connectivity index (χ0) is 10.8. The average molecular weight is 199 g/mol. The molecule has 14 heavy (non-hydrogen) atoms. The van der Waals surface area contributed by atoms with Crippen LogP contribution in [0.15, 0.2) is 4.52 Å². The van der Waals surface area contributed by atoms with Crippen LogP contribution in [0.3, 0.4) is 0 Å². The van der Waals surface area contributed by atoms with E-state index in [4.69, 9.17) is 15.0 Å². The predicted octanol–water partition coefficient (Wildman–Crippen LogP) is 1.36. The molecule has 0 aliphatic carbocycles. The van der Waals surface area contributed by atoms with E-state index in [1.165, 1.54) is 0 Å². The zero-order valence-corrected chi connectivity index (χ0v) is 9.07. The van der Waals surface area contributed by atoms with Gasteiger partial charge in [0.15, 0.2) is 0 Å². The summed E-state index contributed by atoms with van der Waals surface area (Å²) in [5.41, 5.74) is 5.13. The molecule has 5 heteroatoms. The van der Waals surface area contributed by atoms with E-state index in [9.17, 15) is 0 Å². The lowest BCUT2D eigenvalue weighted by atomic mass is 10.0. The lowest BCUT2D eigenvalue weighted by molar-refractivity contribution is -0.0106. The van der Waals surface area contributed by atoms with Gasteiger partial charge in [-0.05, 0) is 20.3 Å². The van der Waals surface area contributed by atoms with Gasteiger partial charge in [-0.15, -0.1) is 0 Å². The van der Waals surface area contributed by atoms with Gasteiger partial charge >= 0.3 is 0 Å². The number of aromatic nitrogens is 2. The molecule has 1 heterocycles. The van der Waals surface area contributed by atoms with Crippen molar-refractivity contribution in [2.24, 2.45) is 5.73 Å². The van der Waals surface area contributed by atoms with Crippen LogP contribution in [0.5, 0.6) is 0 Å². The van der Waals surface area contributed by atoms with Gasteiger partial charge < -0.3 is 15.0 Å².